The number of carbonyl (C=O) groups is 1. The van der Waals surface area contributed by atoms with E-state index in [4.69, 9.17) is 16.7 Å². The Balaban J connectivity index is 2.23. The summed E-state index contributed by atoms with van der Waals surface area (Å²) in [6, 6.07) is 1.94. The highest BCUT2D eigenvalue weighted by Gasteiger charge is 2.35. The van der Waals surface area contributed by atoms with E-state index in [2.05, 4.69) is 10.2 Å². The number of sulfonamides is 2. The molecule has 0 spiro atoms. The number of nitrogens with one attached hydrogen (secondary N) is 1. The first-order chi connectivity index (χ1) is 12.8. The van der Waals surface area contributed by atoms with Crippen LogP contribution in [0, 0.1) is 10.1 Å². The van der Waals surface area contributed by atoms with E-state index in [-0.39, 0.29) is 30.5 Å². The van der Waals surface area contributed by atoms with E-state index in [1.807, 2.05) is 0 Å². The zero-order chi connectivity index (χ0) is 21.3. The van der Waals surface area contributed by atoms with Gasteiger partial charge in [-0.25, -0.2) is 22.0 Å². The van der Waals surface area contributed by atoms with Crippen LogP contribution in [0.5, 0.6) is 0 Å². The van der Waals surface area contributed by atoms with Crippen molar-refractivity contribution in [2.75, 3.05) is 38.7 Å². The number of halogens is 1. The lowest BCUT2D eigenvalue weighted by Gasteiger charge is -2.30. The lowest BCUT2D eigenvalue weighted by Crippen LogP contribution is -2.46. The highest BCUT2D eigenvalue weighted by Crippen LogP contribution is 2.35. The quantitative estimate of drug-likeness (QED) is 0.384. The normalized spacial score (nSPS) is 16.0. The number of nitrogens with two attached hydrogens (primary N) is 1. The van der Waals surface area contributed by atoms with E-state index < -0.39 is 47.4 Å². The molecule has 1 heterocycles. The third-order valence-corrected chi connectivity index (χ3v) is 6.97. The summed E-state index contributed by atoms with van der Waals surface area (Å²) in [6.45, 7) is -1.37. The fourth-order valence-corrected chi connectivity index (χ4v) is 4.93. The molecule has 0 aliphatic carbocycles. The van der Waals surface area contributed by atoms with Crippen molar-refractivity contribution in [3.05, 3.63) is 27.3 Å². The number of likely N-dealkylation sites (N-methyl/N-ethyl adjacent to an activating group) is 1. The molecule has 1 aromatic carbocycles. The SMILES string of the molecule is CN(CCO[N+](=O)[O-])C(=O)CN1CNc2cc(Cl)c(S(N)(=O)=O)cc2S1(=O)=O. The van der Waals surface area contributed by atoms with Crippen LogP contribution in [0.4, 0.5) is 5.69 Å². The van der Waals surface area contributed by atoms with Crippen LogP contribution in [0.3, 0.4) is 0 Å². The minimum atomic E-state index is -4.28. The topological polar surface area (TPSA) is 182 Å². The predicted octanol–water partition coefficient (Wildman–Crippen LogP) is -0.972. The Bertz CT molecular complexity index is 1010. The van der Waals surface area contributed by atoms with E-state index in [9.17, 15) is 31.7 Å². The molecule has 3 N–H and O–H groups in total. The highest BCUT2D eigenvalue weighted by molar-refractivity contribution is 7.90. The first-order valence-electron chi connectivity index (χ1n) is 7.45. The van der Waals surface area contributed by atoms with Crippen LogP contribution >= 0.6 is 11.6 Å². The van der Waals surface area contributed by atoms with Crippen LogP contribution in [0.2, 0.25) is 5.02 Å². The molecule has 1 aliphatic rings. The Morgan fingerprint density at radius 2 is 2.14 bits per heavy atom. The van der Waals surface area contributed by atoms with E-state index in [1.54, 1.807) is 0 Å². The van der Waals surface area contributed by atoms with Crippen molar-refractivity contribution >= 4 is 43.2 Å². The molecule has 0 atom stereocenters. The van der Waals surface area contributed by atoms with Gasteiger partial charge in [0.1, 0.15) is 16.4 Å². The Hall–Kier alpha value is -2.20. The maximum atomic E-state index is 12.8. The number of anilines is 1. The minimum Gasteiger partial charge on any atom is -0.370 e. The van der Waals surface area contributed by atoms with Gasteiger partial charge in [0.15, 0.2) is 0 Å². The van der Waals surface area contributed by atoms with Gasteiger partial charge < -0.3 is 15.1 Å². The summed E-state index contributed by atoms with van der Waals surface area (Å²) in [5.74, 6) is -0.651. The van der Waals surface area contributed by atoms with Gasteiger partial charge in [-0.2, -0.15) is 4.31 Å². The maximum Gasteiger partial charge on any atom is 0.294 e. The minimum absolute atomic E-state index is 0.0637. The molecular formula is C12H16ClN5O8S2. The zero-order valence-corrected chi connectivity index (χ0v) is 16.8. The van der Waals surface area contributed by atoms with Crippen molar-refractivity contribution in [3.63, 3.8) is 0 Å². The van der Waals surface area contributed by atoms with E-state index in [1.165, 1.54) is 7.05 Å². The number of hydrogen-bond acceptors (Lipinski definition) is 9. The molecule has 13 nitrogen and oxygen atoms in total. The molecule has 1 amide bonds. The summed E-state index contributed by atoms with van der Waals surface area (Å²) in [5, 5.41) is 16.6. The number of nitrogens with zero attached hydrogens (tertiary/aromatic N) is 3. The van der Waals surface area contributed by atoms with Crippen LogP contribution in [-0.4, -0.2) is 70.4 Å². The number of fused-ring (bicyclic) bond motifs is 1. The van der Waals surface area contributed by atoms with Gasteiger partial charge in [-0.3, -0.25) is 4.79 Å². The number of benzene rings is 1. The fourth-order valence-electron chi connectivity index (χ4n) is 2.29. The number of rotatable bonds is 7. The molecule has 0 radical (unpaired) electrons. The summed E-state index contributed by atoms with van der Waals surface area (Å²) >= 11 is 5.84. The second-order valence-electron chi connectivity index (χ2n) is 5.65. The highest BCUT2D eigenvalue weighted by atomic mass is 35.5. The van der Waals surface area contributed by atoms with Crippen LogP contribution in [0.25, 0.3) is 0 Å². The van der Waals surface area contributed by atoms with Crippen molar-refractivity contribution in [1.82, 2.24) is 9.21 Å². The van der Waals surface area contributed by atoms with Gasteiger partial charge in [0.2, 0.25) is 26.0 Å². The second-order valence-corrected chi connectivity index (χ2v) is 9.49. The van der Waals surface area contributed by atoms with Crippen molar-refractivity contribution in [2.24, 2.45) is 5.14 Å². The van der Waals surface area contributed by atoms with Crippen molar-refractivity contribution in [3.8, 4) is 0 Å². The lowest BCUT2D eigenvalue weighted by atomic mass is 10.3. The molecule has 1 aromatic rings. The molecule has 0 saturated carbocycles. The average Bonchev–Trinajstić information content (AvgIpc) is 2.55. The van der Waals surface area contributed by atoms with Gasteiger partial charge in [0.25, 0.3) is 5.09 Å². The third kappa shape index (κ3) is 4.79. The molecule has 0 aromatic heterocycles. The van der Waals surface area contributed by atoms with Gasteiger partial charge in [-0.15, -0.1) is 10.1 Å². The number of amides is 1. The van der Waals surface area contributed by atoms with Crippen molar-refractivity contribution in [1.29, 1.82) is 0 Å². The molecule has 0 unspecified atom stereocenters. The number of carbonyl (C=O) groups excluding carboxylic acids is 1. The zero-order valence-electron chi connectivity index (χ0n) is 14.4. The first-order valence-corrected chi connectivity index (χ1v) is 10.8. The maximum absolute atomic E-state index is 12.8. The number of hydrogen-bond donors (Lipinski definition) is 2. The molecule has 1 aliphatic heterocycles. The largest absolute Gasteiger partial charge is 0.370 e. The van der Waals surface area contributed by atoms with E-state index in [0.717, 1.165) is 21.3 Å². The molecule has 0 fully saturated rings. The fraction of sp³-hybridized carbons (Fsp3) is 0.417. The van der Waals surface area contributed by atoms with Crippen LogP contribution in [-0.2, 0) is 29.7 Å². The van der Waals surface area contributed by atoms with Gasteiger partial charge in [-0.05, 0) is 12.1 Å². The average molecular weight is 458 g/mol. The molecule has 16 heteroatoms. The summed E-state index contributed by atoms with van der Waals surface area (Å²) in [6.07, 6.45) is 0. The predicted molar refractivity (Wildman–Crippen MR) is 95.8 cm³/mol. The molecule has 156 valence electrons. The van der Waals surface area contributed by atoms with Crippen LogP contribution in [0.15, 0.2) is 21.9 Å². The summed E-state index contributed by atoms with van der Waals surface area (Å²) in [5.41, 5.74) is 0.0637. The number of primary sulfonamides is 1. The summed E-state index contributed by atoms with van der Waals surface area (Å²) in [4.78, 5) is 26.5. The van der Waals surface area contributed by atoms with Gasteiger partial charge in [0.05, 0.1) is 23.9 Å². The first kappa shape index (κ1) is 22.1. The van der Waals surface area contributed by atoms with Crippen molar-refractivity contribution in [2.45, 2.75) is 9.79 Å². The Kier molecular flexibility index (Phi) is 6.34. The summed E-state index contributed by atoms with van der Waals surface area (Å²) < 4.78 is 49.5. The molecule has 0 bridgehead atoms. The monoisotopic (exact) mass is 457 g/mol. The van der Waals surface area contributed by atoms with Gasteiger partial charge in [0, 0.05) is 13.6 Å². The Morgan fingerprint density at radius 1 is 1.50 bits per heavy atom. The van der Waals surface area contributed by atoms with Gasteiger partial charge >= 0.3 is 0 Å². The Labute approximate surface area is 165 Å². The smallest absolute Gasteiger partial charge is 0.294 e. The lowest BCUT2D eigenvalue weighted by molar-refractivity contribution is -0.757. The van der Waals surface area contributed by atoms with Crippen molar-refractivity contribution < 1.29 is 31.6 Å². The molecule has 0 saturated heterocycles. The molecule has 28 heavy (non-hydrogen) atoms. The second kappa shape index (κ2) is 8.04. The Morgan fingerprint density at radius 3 is 2.71 bits per heavy atom. The summed E-state index contributed by atoms with van der Waals surface area (Å²) in [7, 11) is -7.19. The molecular weight excluding hydrogens is 442 g/mol. The molecule has 2 rings (SSSR count). The van der Waals surface area contributed by atoms with E-state index >= 15 is 0 Å². The van der Waals surface area contributed by atoms with Crippen LogP contribution < -0.4 is 10.5 Å². The van der Waals surface area contributed by atoms with Gasteiger partial charge in [-0.1, -0.05) is 11.6 Å². The van der Waals surface area contributed by atoms with E-state index in [0.29, 0.717) is 0 Å². The standard InChI is InChI=1S/C12H16ClN5O8S2/c1-16(2-3-26-18(20)21)12(19)6-17-7-15-9-4-8(13)10(27(14,22)23)5-11(9)28(17,24)25/h4-5,15H,2-3,6-7H2,1H3,(H2,14,22,23). The van der Waals surface area contributed by atoms with Crippen LogP contribution in [0.1, 0.15) is 0 Å². The third-order valence-electron chi connectivity index (χ3n) is 3.77.